The van der Waals surface area contributed by atoms with Crippen LogP contribution in [-0.4, -0.2) is 44.7 Å². The number of rotatable bonds is 9. The highest BCUT2D eigenvalue weighted by atomic mass is 79.9. The fourth-order valence-electron chi connectivity index (χ4n) is 2.57. The van der Waals surface area contributed by atoms with E-state index in [1.807, 2.05) is 32.2 Å². The van der Waals surface area contributed by atoms with Crippen LogP contribution in [0.5, 0.6) is 11.5 Å². The van der Waals surface area contributed by atoms with Crippen LogP contribution in [0.4, 0.5) is 0 Å². The Bertz CT molecular complexity index is 722. The third-order valence-corrected chi connectivity index (χ3v) is 4.44. The second-order valence-electron chi connectivity index (χ2n) is 5.90. The molecule has 0 aliphatic carbocycles. The second-order valence-corrected chi connectivity index (χ2v) is 6.76. The van der Waals surface area contributed by atoms with E-state index in [-0.39, 0.29) is 5.91 Å². The third kappa shape index (κ3) is 5.75. The van der Waals surface area contributed by atoms with E-state index < -0.39 is 0 Å². The summed E-state index contributed by atoms with van der Waals surface area (Å²) in [7, 11) is 3.60. The maximum absolute atomic E-state index is 12.4. The number of hydrogen-bond acceptors (Lipinski definition) is 4. The molecule has 0 aliphatic heterocycles. The van der Waals surface area contributed by atoms with Gasteiger partial charge in [-0.3, -0.25) is 4.79 Å². The van der Waals surface area contributed by atoms with Crippen molar-refractivity contribution < 1.29 is 14.3 Å². The molecule has 0 heterocycles. The quantitative estimate of drug-likeness (QED) is 0.671. The number of benzene rings is 2. The van der Waals surface area contributed by atoms with Gasteiger partial charge in [-0.2, -0.15) is 0 Å². The Kier molecular flexibility index (Phi) is 7.94. The molecular weight excluding hydrogens is 396 g/mol. The van der Waals surface area contributed by atoms with Gasteiger partial charge in [-0.15, -0.1) is 0 Å². The summed E-state index contributed by atoms with van der Waals surface area (Å²) in [6.45, 7) is 4.59. The zero-order valence-electron chi connectivity index (χ0n) is 15.4. The van der Waals surface area contributed by atoms with E-state index in [1.54, 1.807) is 19.2 Å². The lowest BCUT2D eigenvalue weighted by Gasteiger charge is -2.17. The summed E-state index contributed by atoms with van der Waals surface area (Å²) in [5.74, 6) is 1.00. The van der Waals surface area contributed by atoms with Gasteiger partial charge in [0.05, 0.1) is 18.2 Å². The van der Waals surface area contributed by atoms with E-state index in [1.165, 1.54) is 5.56 Å². The Morgan fingerprint density at radius 1 is 1.23 bits per heavy atom. The van der Waals surface area contributed by atoms with Gasteiger partial charge in [0.2, 0.25) is 0 Å². The molecule has 5 nitrogen and oxygen atoms in total. The van der Waals surface area contributed by atoms with Crippen molar-refractivity contribution in [1.82, 2.24) is 10.2 Å². The Hall–Kier alpha value is -2.05. The third-order valence-electron chi connectivity index (χ3n) is 3.85. The van der Waals surface area contributed by atoms with Crippen LogP contribution in [0.25, 0.3) is 0 Å². The molecule has 2 aromatic rings. The van der Waals surface area contributed by atoms with E-state index in [0.29, 0.717) is 34.7 Å². The molecule has 0 radical (unpaired) electrons. The molecule has 1 N–H and O–H groups in total. The molecular formula is C20H25BrN2O3. The zero-order chi connectivity index (χ0) is 18.9. The standard InChI is InChI=1S/C20H25BrN2O3/c1-4-26-19-17(21)12-16(13-18(19)25-3)20(24)22-10-11-23(2)14-15-8-6-5-7-9-15/h5-9,12-13H,4,10-11,14H2,1-3H3,(H,22,24). The highest BCUT2D eigenvalue weighted by molar-refractivity contribution is 9.10. The average molecular weight is 421 g/mol. The summed E-state index contributed by atoms with van der Waals surface area (Å²) in [4.78, 5) is 14.6. The molecule has 6 heteroatoms. The summed E-state index contributed by atoms with van der Waals surface area (Å²) in [6.07, 6.45) is 0. The largest absolute Gasteiger partial charge is 0.493 e. The molecule has 0 atom stereocenters. The summed E-state index contributed by atoms with van der Waals surface area (Å²) in [6, 6.07) is 13.7. The van der Waals surface area contributed by atoms with Crippen molar-refractivity contribution in [2.75, 3.05) is 33.9 Å². The maximum Gasteiger partial charge on any atom is 0.251 e. The lowest BCUT2D eigenvalue weighted by atomic mass is 10.2. The molecule has 0 aliphatic rings. The highest BCUT2D eigenvalue weighted by Gasteiger charge is 2.15. The lowest BCUT2D eigenvalue weighted by Crippen LogP contribution is -2.32. The highest BCUT2D eigenvalue weighted by Crippen LogP contribution is 2.36. The van der Waals surface area contributed by atoms with Gasteiger partial charge in [0.15, 0.2) is 11.5 Å². The van der Waals surface area contributed by atoms with Crippen LogP contribution in [0.3, 0.4) is 0 Å². The summed E-state index contributed by atoms with van der Waals surface area (Å²) < 4.78 is 11.6. The first kappa shape index (κ1) is 20.3. The number of likely N-dealkylation sites (N-methyl/N-ethyl adjacent to an activating group) is 1. The second kappa shape index (κ2) is 10.2. The molecule has 0 fully saturated rings. The topological polar surface area (TPSA) is 50.8 Å². The minimum absolute atomic E-state index is 0.139. The maximum atomic E-state index is 12.4. The van der Waals surface area contributed by atoms with Crippen LogP contribution in [0.2, 0.25) is 0 Å². The monoisotopic (exact) mass is 420 g/mol. The van der Waals surface area contributed by atoms with Gasteiger partial charge < -0.3 is 19.7 Å². The van der Waals surface area contributed by atoms with Crippen molar-refractivity contribution in [2.45, 2.75) is 13.5 Å². The van der Waals surface area contributed by atoms with Crippen LogP contribution in [-0.2, 0) is 6.54 Å². The number of methoxy groups -OCH3 is 1. The van der Waals surface area contributed by atoms with Crippen molar-refractivity contribution in [3.63, 3.8) is 0 Å². The van der Waals surface area contributed by atoms with E-state index in [9.17, 15) is 4.79 Å². The van der Waals surface area contributed by atoms with Gasteiger partial charge in [-0.1, -0.05) is 30.3 Å². The number of carbonyl (C=O) groups excluding carboxylic acids is 1. The molecule has 0 spiro atoms. The van der Waals surface area contributed by atoms with Gasteiger partial charge >= 0.3 is 0 Å². The molecule has 140 valence electrons. The number of amides is 1. The fourth-order valence-corrected chi connectivity index (χ4v) is 3.13. The van der Waals surface area contributed by atoms with E-state index >= 15 is 0 Å². The van der Waals surface area contributed by atoms with Crippen LogP contribution < -0.4 is 14.8 Å². The van der Waals surface area contributed by atoms with Crippen LogP contribution >= 0.6 is 15.9 Å². The van der Waals surface area contributed by atoms with Gasteiger partial charge in [-0.05, 0) is 47.6 Å². The Labute approximate surface area is 163 Å². The lowest BCUT2D eigenvalue weighted by molar-refractivity contribution is 0.0949. The van der Waals surface area contributed by atoms with Crippen molar-refractivity contribution in [2.24, 2.45) is 0 Å². The number of hydrogen-bond donors (Lipinski definition) is 1. The predicted molar refractivity (Wildman–Crippen MR) is 107 cm³/mol. The van der Waals surface area contributed by atoms with E-state index in [4.69, 9.17) is 9.47 Å². The molecule has 0 bridgehead atoms. The van der Waals surface area contributed by atoms with E-state index in [0.717, 1.165) is 13.1 Å². The Balaban J connectivity index is 1.90. The Morgan fingerprint density at radius 3 is 2.62 bits per heavy atom. The first-order chi connectivity index (χ1) is 12.5. The van der Waals surface area contributed by atoms with Gasteiger partial charge in [0.25, 0.3) is 5.91 Å². The number of nitrogens with zero attached hydrogens (tertiary/aromatic N) is 1. The number of carbonyl (C=O) groups is 1. The van der Waals surface area contributed by atoms with Crippen molar-refractivity contribution in [3.8, 4) is 11.5 Å². The SMILES string of the molecule is CCOc1c(Br)cc(C(=O)NCCN(C)Cc2ccccc2)cc1OC. The van der Waals surface area contributed by atoms with Gasteiger partial charge in [0, 0.05) is 25.2 Å². The Morgan fingerprint density at radius 2 is 1.96 bits per heavy atom. The summed E-state index contributed by atoms with van der Waals surface area (Å²) >= 11 is 3.44. The van der Waals surface area contributed by atoms with Crippen LogP contribution in [0, 0.1) is 0 Å². The molecule has 2 aromatic carbocycles. The molecule has 1 amide bonds. The number of nitrogens with one attached hydrogen (secondary N) is 1. The molecule has 0 saturated heterocycles. The smallest absolute Gasteiger partial charge is 0.251 e. The van der Waals surface area contributed by atoms with Crippen molar-refractivity contribution in [1.29, 1.82) is 0 Å². The zero-order valence-corrected chi connectivity index (χ0v) is 17.0. The number of halogens is 1. The molecule has 0 unspecified atom stereocenters. The summed E-state index contributed by atoms with van der Waals surface area (Å²) in [5, 5.41) is 2.95. The average Bonchev–Trinajstić information content (AvgIpc) is 2.64. The van der Waals surface area contributed by atoms with Gasteiger partial charge in [-0.25, -0.2) is 0 Å². The molecule has 0 saturated carbocycles. The molecule has 0 aromatic heterocycles. The minimum atomic E-state index is -0.139. The van der Waals surface area contributed by atoms with Gasteiger partial charge in [0.1, 0.15) is 0 Å². The molecule has 2 rings (SSSR count). The normalized spacial score (nSPS) is 10.7. The first-order valence-electron chi connectivity index (χ1n) is 8.56. The van der Waals surface area contributed by atoms with Crippen molar-refractivity contribution >= 4 is 21.8 Å². The van der Waals surface area contributed by atoms with E-state index in [2.05, 4.69) is 38.3 Å². The fraction of sp³-hybridized carbons (Fsp3) is 0.350. The van der Waals surface area contributed by atoms with Crippen LogP contribution in [0.15, 0.2) is 46.9 Å². The van der Waals surface area contributed by atoms with Crippen LogP contribution in [0.1, 0.15) is 22.8 Å². The molecule has 26 heavy (non-hydrogen) atoms. The minimum Gasteiger partial charge on any atom is -0.493 e. The van der Waals surface area contributed by atoms with Crippen molar-refractivity contribution in [3.05, 3.63) is 58.1 Å². The summed E-state index contributed by atoms with van der Waals surface area (Å²) in [5.41, 5.74) is 1.78. The predicted octanol–water partition coefficient (Wildman–Crippen LogP) is 3.72. The number of ether oxygens (including phenoxy) is 2. The first-order valence-corrected chi connectivity index (χ1v) is 9.35.